The van der Waals surface area contributed by atoms with Gasteiger partial charge in [0.2, 0.25) is 5.88 Å². The van der Waals surface area contributed by atoms with E-state index in [4.69, 9.17) is 10.5 Å². The molecule has 2 atom stereocenters. The second-order valence-corrected chi connectivity index (χ2v) is 5.11. The van der Waals surface area contributed by atoms with Crippen LogP contribution in [0.5, 0.6) is 5.88 Å². The predicted octanol–water partition coefficient (Wildman–Crippen LogP) is 2.24. The van der Waals surface area contributed by atoms with Gasteiger partial charge in [-0.2, -0.15) is 0 Å². The fraction of sp³-hybridized carbons (Fsp3) is 0.692. The molecule has 0 aliphatic heterocycles. The molecule has 2 rings (SSSR count). The number of hydrogen-bond acceptors (Lipinski definition) is 4. The van der Waals surface area contributed by atoms with Gasteiger partial charge in [-0.05, 0) is 25.2 Å². The molecule has 2 N–H and O–H groups in total. The molecule has 1 fully saturated rings. The molecule has 94 valence electrons. The molecule has 2 unspecified atom stereocenters. The third kappa shape index (κ3) is 2.57. The largest absolute Gasteiger partial charge is 0.480 e. The van der Waals surface area contributed by atoms with Crippen molar-refractivity contribution in [2.75, 3.05) is 7.11 Å². The molecule has 0 bridgehead atoms. The first-order valence-corrected chi connectivity index (χ1v) is 6.30. The van der Waals surface area contributed by atoms with Crippen molar-refractivity contribution in [3.05, 3.63) is 18.1 Å². The van der Waals surface area contributed by atoms with Crippen molar-refractivity contribution in [3.63, 3.8) is 0 Å². The maximum atomic E-state index is 6.54. The van der Waals surface area contributed by atoms with Crippen LogP contribution in [0, 0.1) is 5.92 Å². The molecule has 0 radical (unpaired) electrons. The molecule has 1 aromatic rings. The maximum absolute atomic E-state index is 6.54. The second-order valence-electron chi connectivity index (χ2n) is 5.11. The summed E-state index contributed by atoms with van der Waals surface area (Å²) in [6, 6.07) is 0. The summed E-state index contributed by atoms with van der Waals surface area (Å²) < 4.78 is 5.28. The summed E-state index contributed by atoms with van der Waals surface area (Å²) in [6.07, 6.45) is 8.82. The van der Waals surface area contributed by atoms with Crippen LogP contribution >= 0.6 is 0 Å². The van der Waals surface area contributed by atoms with Gasteiger partial charge in [0.05, 0.1) is 12.6 Å². The van der Waals surface area contributed by atoms with Gasteiger partial charge in [0.1, 0.15) is 5.69 Å². The Kier molecular flexibility index (Phi) is 3.62. The SMILES string of the molecule is COc1nccnc1C1(N)CCCC(C)CC1. The Morgan fingerprint density at radius 2 is 2.06 bits per heavy atom. The molecule has 0 spiro atoms. The Hall–Kier alpha value is -1.16. The molecule has 1 aliphatic rings. The molecule has 0 amide bonds. The zero-order chi connectivity index (χ0) is 12.3. The van der Waals surface area contributed by atoms with Crippen LogP contribution in [-0.2, 0) is 5.54 Å². The number of aromatic nitrogens is 2. The quantitative estimate of drug-likeness (QED) is 0.799. The average Bonchev–Trinajstić information content (AvgIpc) is 2.52. The lowest BCUT2D eigenvalue weighted by Crippen LogP contribution is -2.37. The lowest BCUT2D eigenvalue weighted by Gasteiger charge is -2.28. The van der Waals surface area contributed by atoms with Gasteiger partial charge in [-0.3, -0.25) is 4.98 Å². The standard InChI is InChI=1S/C13H21N3O/c1-10-4-3-6-13(14,7-5-10)11-12(17-2)16-9-8-15-11/h8-10H,3-7,14H2,1-2H3. The minimum absolute atomic E-state index is 0.371. The number of nitrogens with zero attached hydrogens (tertiary/aromatic N) is 2. The summed E-state index contributed by atoms with van der Waals surface area (Å²) in [7, 11) is 1.62. The van der Waals surface area contributed by atoms with Gasteiger partial charge < -0.3 is 10.5 Å². The fourth-order valence-electron chi connectivity index (χ4n) is 2.59. The lowest BCUT2D eigenvalue weighted by molar-refractivity contribution is 0.326. The Bertz CT molecular complexity index is 383. The van der Waals surface area contributed by atoms with E-state index in [-0.39, 0.29) is 5.54 Å². The number of hydrogen-bond donors (Lipinski definition) is 1. The summed E-state index contributed by atoms with van der Waals surface area (Å²) in [6.45, 7) is 2.29. The van der Waals surface area contributed by atoms with Gasteiger partial charge in [0.15, 0.2) is 0 Å². The monoisotopic (exact) mass is 235 g/mol. The van der Waals surface area contributed by atoms with E-state index in [0.717, 1.165) is 37.3 Å². The predicted molar refractivity (Wildman–Crippen MR) is 66.7 cm³/mol. The van der Waals surface area contributed by atoms with Crippen molar-refractivity contribution in [3.8, 4) is 5.88 Å². The fourth-order valence-corrected chi connectivity index (χ4v) is 2.59. The maximum Gasteiger partial charge on any atom is 0.237 e. The number of methoxy groups -OCH3 is 1. The van der Waals surface area contributed by atoms with Gasteiger partial charge in [0.25, 0.3) is 0 Å². The molecule has 1 aliphatic carbocycles. The van der Waals surface area contributed by atoms with E-state index in [1.165, 1.54) is 6.42 Å². The van der Waals surface area contributed by atoms with E-state index < -0.39 is 0 Å². The van der Waals surface area contributed by atoms with Crippen molar-refractivity contribution in [1.29, 1.82) is 0 Å². The van der Waals surface area contributed by atoms with E-state index in [0.29, 0.717) is 5.88 Å². The number of nitrogens with two attached hydrogens (primary N) is 1. The Morgan fingerprint density at radius 3 is 2.82 bits per heavy atom. The normalized spacial score (nSPS) is 29.7. The third-order valence-corrected chi connectivity index (χ3v) is 3.73. The topological polar surface area (TPSA) is 61.0 Å². The minimum atomic E-state index is -0.371. The highest BCUT2D eigenvalue weighted by molar-refractivity contribution is 5.26. The summed E-state index contributed by atoms with van der Waals surface area (Å²) in [5.74, 6) is 1.33. The molecule has 4 nitrogen and oxygen atoms in total. The summed E-state index contributed by atoms with van der Waals surface area (Å²) in [4.78, 5) is 8.60. The molecule has 1 aromatic heterocycles. The lowest BCUT2D eigenvalue weighted by atomic mass is 9.87. The molecule has 17 heavy (non-hydrogen) atoms. The van der Waals surface area contributed by atoms with Crippen molar-refractivity contribution >= 4 is 0 Å². The molecule has 0 aromatic carbocycles. The first kappa shape index (κ1) is 12.3. The van der Waals surface area contributed by atoms with Gasteiger partial charge in [-0.1, -0.05) is 19.8 Å². The zero-order valence-corrected chi connectivity index (χ0v) is 10.6. The van der Waals surface area contributed by atoms with Crippen LogP contribution in [0.3, 0.4) is 0 Å². The van der Waals surface area contributed by atoms with E-state index >= 15 is 0 Å². The van der Waals surface area contributed by atoms with Gasteiger partial charge >= 0.3 is 0 Å². The van der Waals surface area contributed by atoms with E-state index in [1.54, 1.807) is 19.5 Å². The first-order chi connectivity index (χ1) is 8.15. The van der Waals surface area contributed by atoms with Crippen molar-refractivity contribution in [2.24, 2.45) is 11.7 Å². The first-order valence-electron chi connectivity index (χ1n) is 6.30. The Labute approximate surface area is 103 Å². The minimum Gasteiger partial charge on any atom is -0.480 e. The van der Waals surface area contributed by atoms with Crippen LogP contribution in [-0.4, -0.2) is 17.1 Å². The molecular weight excluding hydrogens is 214 g/mol. The molecule has 1 heterocycles. The Balaban J connectivity index is 2.29. The molecule has 1 saturated carbocycles. The highest BCUT2D eigenvalue weighted by Gasteiger charge is 2.34. The van der Waals surface area contributed by atoms with Gasteiger partial charge in [-0.15, -0.1) is 0 Å². The Morgan fingerprint density at radius 1 is 1.29 bits per heavy atom. The van der Waals surface area contributed by atoms with Crippen LogP contribution in [0.2, 0.25) is 0 Å². The number of rotatable bonds is 2. The average molecular weight is 235 g/mol. The van der Waals surface area contributed by atoms with Crippen LogP contribution in [0.1, 0.15) is 44.7 Å². The zero-order valence-electron chi connectivity index (χ0n) is 10.6. The second kappa shape index (κ2) is 5.00. The molecular formula is C13H21N3O. The van der Waals surface area contributed by atoms with E-state index in [9.17, 15) is 0 Å². The molecule has 4 heteroatoms. The van der Waals surface area contributed by atoms with Crippen molar-refractivity contribution in [1.82, 2.24) is 9.97 Å². The van der Waals surface area contributed by atoms with Crippen molar-refractivity contribution in [2.45, 2.75) is 44.6 Å². The summed E-state index contributed by atoms with van der Waals surface area (Å²) in [5.41, 5.74) is 6.98. The van der Waals surface area contributed by atoms with Crippen LogP contribution in [0.15, 0.2) is 12.4 Å². The summed E-state index contributed by atoms with van der Waals surface area (Å²) in [5, 5.41) is 0. The van der Waals surface area contributed by atoms with E-state index in [2.05, 4.69) is 16.9 Å². The third-order valence-electron chi connectivity index (χ3n) is 3.73. The highest BCUT2D eigenvalue weighted by Crippen LogP contribution is 2.37. The van der Waals surface area contributed by atoms with Gasteiger partial charge in [-0.25, -0.2) is 4.98 Å². The van der Waals surface area contributed by atoms with E-state index in [1.807, 2.05) is 0 Å². The van der Waals surface area contributed by atoms with Crippen molar-refractivity contribution < 1.29 is 4.74 Å². The smallest absolute Gasteiger partial charge is 0.237 e. The highest BCUT2D eigenvalue weighted by atomic mass is 16.5. The van der Waals surface area contributed by atoms with Gasteiger partial charge in [0, 0.05) is 12.4 Å². The van der Waals surface area contributed by atoms with Crippen LogP contribution in [0.4, 0.5) is 0 Å². The number of ether oxygens (including phenoxy) is 1. The summed E-state index contributed by atoms with van der Waals surface area (Å²) >= 11 is 0. The van der Waals surface area contributed by atoms with Crippen LogP contribution in [0.25, 0.3) is 0 Å². The van der Waals surface area contributed by atoms with Crippen LogP contribution < -0.4 is 10.5 Å². The molecule has 0 saturated heterocycles.